The summed E-state index contributed by atoms with van der Waals surface area (Å²) >= 11 is 0. The standard InChI is InChI=1S/C26H20N2O2/c27-15-21-24(20-12-6-10-17-9-4-5-11-19(17)20)25-22(29)13-18(14-23(25)30-26(21)28)16-7-2-1-3-8-16/h1-12,18,24H,13-14,28H2/t18-,24-/m0/s1. The van der Waals surface area contributed by atoms with Crippen molar-refractivity contribution in [3.05, 3.63) is 107 Å². The molecule has 0 unspecified atom stereocenters. The molecule has 30 heavy (non-hydrogen) atoms. The summed E-state index contributed by atoms with van der Waals surface area (Å²) < 4.78 is 5.87. The molecule has 0 spiro atoms. The number of carbonyl (C=O) groups excluding carboxylic acids is 1. The molecule has 5 rings (SSSR count). The molecule has 4 heteroatoms. The van der Waals surface area contributed by atoms with E-state index in [1.54, 1.807) is 0 Å². The minimum Gasteiger partial charge on any atom is -0.444 e. The summed E-state index contributed by atoms with van der Waals surface area (Å²) in [7, 11) is 0. The molecule has 0 aromatic heterocycles. The number of ether oxygens (including phenoxy) is 1. The molecule has 2 N–H and O–H groups in total. The van der Waals surface area contributed by atoms with E-state index in [4.69, 9.17) is 10.5 Å². The average molecular weight is 392 g/mol. The van der Waals surface area contributed by atoms with Crippen LogP contribution >= 0.6 is 0 Å². The number of Topliss-reactive ketones (excluding diaryl/α,β-unsaturated/α-hetero) is 1. The van der Waals surface area contributed by atoms with Crippen LogP contribution in [0.1, 0.15) is 35.8 Å². The predicted molar refractivity (Wildman–Crippen MR) is 115 cm³/mol. The van der Waals surface area contributed by atoms with Crippen LogP contribution < -0.4 is 5.73 Å². The Morgan fingerprint density at radius 2 is 1.67 bits per heavy atom. The smallest absolute Gasteiger partial charge is 0.205 e. The Labute approximate surface area is 174 Å². The van der Waals surface area contributed by atoms with Crippen LogP contribution in [-0.2, 0) is 9.53 Å². The molecule has 1 aliphatic carbocycles. The van der Waals surface area contributed by atoms with Gasteiger partial charge < -0.3 is 10.5 Å². The Morgan fingerprint density at radius 3 is 2.47 bits per heavy atom. The first-order valence-corrected chi connectivity index (χ1v) is 10.0. The lowest BCUT2D eigenvalue weighted by Gasteiger charge is -2.34. The van der Waals surface area contributed by atoms with E-state index in [2.05, 4.69) is 6.07 Å². The summed E-state index contributed by atoms with van der Waals surface area (Å²) in [5, 5.41) is 11.9. The molecule has 1 aliphatic heterocycles. The second-order valence-corrected chi connectivity index (χ2v) is 7.77. The first-order chi connectivity index (χ1) is 14.7. The largest absolute Gasteiger partial charge is 0.444 e. The van der Waals surface area contributed by atoms with Crippen LogP contribution in [0.2, 0.25) is 0 Å². The zero-order chi connectivity index (χ0) is 20.7. The third kappa shape index (κ3) is 2.87. The Morgan fingerprint density at radius 1 is 0.933 bits per heavy atom. The van der Waals surface area contributed by atoms with Crippen molar-refractivity contribution in [2.24, 2.45) is 5.73 Å². The van der Waals surface area contributed by atoms with Gasteiger partial charge >= 0.3 is 0 Å². The van der Waals surface area contributed by atoms with Crippen LogP contribution in [0.5, 0.6) is 0 Å². The Kier molecular flexibility index (Phi) is 4.37. The molecule has 1 heterocycles. The zero-order valence-corrected chi connectivity index (χ0v) is 16.3. The van der Waals surface area contributed by atoms with Crippen LogP contribution in [0.15, 0.2) is 95.6 Å². The number of hydrogen-bond donors (Lipinski definition) is 1. The predicted octanol–water partition coefficient (Wildman–Crippen LogP) is 5.05. The molecule has 2 aliphatic rings. The van der Waals surface area contributed by atoms with E-state index in [0.717, 1.165) is 21.9 Å². The molecule has 146 valence electrons. The van der Waals surface area contributed by atoms with Crippen molar-refractivity contribution in [3.8, 4) is 6.07 Å². The number of hydrogen-bond acceptors (Lipinski definition) is 4. The Balaban J connectivity index is 1.67. The van der Waals surface area contributed by atoms with Crippen molar-refractivity contribution in [2.45, 2.75) is 24.7 Å². The first kappa shape index (κ1) is 18.2. The highest BCUT2D eigenvalue weighted by Gasteiger charge is 2.41. The highest BCUT2D eigenvalue weighted by Crippen LogP contribution is 2.47. The minimum absolute atomic E-state index is 0.0169. The average Bonchev–Trinajstić information content (AvgIpc) is 2.78. The molecule has 0 bridgehead atoms. The van der Waals surface area contributed by atoms with Gasteiger partial charge in [-0.15, -0.1) is 0 Å². The van der Waals surface area contributed by atoms with E-state index in [-0.39, 0.29) is 17.6 Å². The number of rotatable bonds is 2. The fourth-order valence-electron chi connectivity index (χ4n) is 4.68. The third-order valence-corrected chi connectivity index (χ3v) is 6.07. The van der Waals surface area contributed by atoms with Gasteiger partial charge in [0.1, 0.15) is 17.4 Å². The second kappa shape index (κ2) is 7.20. The van der Waals surface area contributed by atoms with E-state index in [9.17, 15) is 10.1 Å². The number of carbonyl (C=O) groups is 1. The van der Waals surface area contributed by atoms with Gasteiger partial charge in [-0.25, -0.2) is 0 Å². The van der Waals surface area contributed by atoms with Gasteiger partial charge in [0.25, 0.3) is 0 Å². The van der Waals surface area contributed by atoms with Crippen LogP contribution in [0.25, 0.3) is 10.8 Å². The lowest BCUT2D eigenvalue weighted by Crippen LogP contribution is -2.30. The molecule has 0 amide bonds. The molecule has 3 aromatic carbocycles. The van der Waals surface area contributed by atoms with Crippen molar-refractivity contribution < 1.29 is 9.53 Å². The topological polar surface area (TPSA) is 76.1 Å². The zero-order valence-electron chi connectivity index (χ0n) is 16.3. The van der Waals surface area contributed by atoms with Crippen LogP contribution in [-0.4, -0.2) is 5.78 Å². The molecule has 0 saturated heterocycles. The quantitative estimate of drug-likeness (QED) is 0.662. The fraction of sp³-hybridized carbons (Fsp3) is 0.154. The SMILES string of the molecule is N#CC1=C(N)OC2=C(C(=O)C[C@H](c3ccccc3)C2)[C@H]1c1cccc2ccccc12. The molecule has 3 aromatic rings. The van der Waals surface area contributed by atoms with Crippen molar-refractivity contribution in [1.82, 2.24) is 0 Å². The summed E-state index contributed by atoms with van der Waals surface area (Å²) in [6.45, 7) is 0. The van der Waals surface area contributed by atoms with Gasteiger partial charge in [0.2, 0.25) is 5.88 Å². The summed E-state index contributed by atoms with van der Waals surface area (Å²) in [5.41, 5.74) is 9.08. The first-order valence-electron chi connectivity index (χ1n) is 10.0. The maximum absolute atomic E-state index is 13.4. The van der Waals surface area contributed by atoms with E-state index in [1.165, 1.54) is 0 Å². The molecule has 0 fully saturated rings. The van der Waals surface area contributed by atoms with E-state index in [0.29, 0.717) is 29.7 Å². The van der Waals surface area contributed by atoms with E-state index >= 15 is 0 Å². The van der Waals surface area contributed by atoms with Crippen LogP contribution in [0, 0.1) is 11.3 Å². The van der Waals surface area contributed by atoms with Crippen LogP contribution in [0.4, 0.5) is 0 Å². The fourth-order valence-corrected chi connectivity index (χ4v) is 4.68. The molecule has 4 nitrogen and oxygen atoms in total. The van der Waals surface area contributed by atoms with Crippen molar-refractivity contribution in [1.29, 1.82) is 5.26 Å². The Bertz CT molecular complexity index is 1260. The van der Waals surface area contributed by atoms with Gasteiger partial charge in [0.15, 0.2) is 5.78 Å². The molecular weight excluding hydrogens is 372 g/mol. The van der Waals surface area contributed by atoms with Gasteiger partial charge in [-0.1, -0.05) is 72.8 Å². The van der Waals surface area contributed by atoms with Crippen molar-refractivity contribution in [2.75, 3.05) is 0 Å². The number of nitrogens with zero attached hydrogens (tertiary/aromatic N) is 1. The number of allylic oxidation sites excluding steroid dienone is 3. The summed E-state index contributed by atoms with van der Waals surface area (Å²) in [6, 6.07) is 26.2. The molecule has 0 saturated carbocycles. The third-order valence-electron chi connectivity index (χ3n) is 6.07. The highest BCUT2D eigenvalue weighted by molar-refractivity contribution is 6.01. The van der Waals surface area contributed by atoms with Crippen molar-refractivity contribution >= 4 is 16.6 Å². The normalized spacial score (nSPS) is 21.2. The monoisotopic (exact) mass is 392 g/mol. The van der Waals surface area contributed by atoms with E-state index < -0.39 is 5.92 Å². The lowest BCUT2D eigenvalue weighted by molar-refractivity contribution is -0.117. The lowest BCUT2D eigenvalue weighted by atomic mass is 9.73. The maximum atomic E-state index is 13.4. The van der Waals surface area contributed by atoms with Crippen LogP contribution in [0.3, 0.4) is 0 Å². The van der Waals surface area contributed by atoms with Gasteiger partial charge in [0.05, 0.1) is 5.92 Å². The van der Waals surface area contributed by atoms with Gasteiger partial charge in [0, 0.05) is 18.4 Å². The van der Waals surface area contributed by atoms with Gasteiger partial charge in [-0.3, -0.25) is 4.79 Å². The number of nitriles is 1. The second-order valence-electron chi connectivity index (χ2n) is 7.77. The molecule has 2 atom stereocenters. The summed E-state index contributed by atoms with van der Waals surface area (Å²) in [4.78, 5) is 13.4. The Hall–Kier alpha value is -3.84. The number of benzene rings is 3. The number of nitrogens with two attached hydrogens (primary N) is 1. The van der Waals surface area contributed by atoms with Gasteiger partial charge in [-0.05, 0) is 27.8 Å². The van der Waals surface area contributed by atoms with E-state index in [1.807, 2.05) is 72.8 Å². The number of fused-ring (bicyclic) bond motifs is 1. The van der Waals surface area contributed by atoms with Gasteiger partial charge in [-0.2, -0.15) is 5.26 Å². The van der Waals surface area contributed by atoms with Crippen molar-refractivity contribution in [3.63, 3.8) is 0 Å². The highest BCUT2D eigenvalue weighted by atomic mass is 16.5. The molecular formula is C26H20N2O2. The number of ketones is 1. The summed E-state index contributed by atoms with van der Waals surface area (Å²) in [6.07, 6.45) is 0.984. The molecule has 0 radical (unpaired) electrons. The minimum atomic E-state index is -0.505. The maximum Gasteiger partial charge on any atom is 0.205 e. The summed E-state index contributed by atoms with van der Waals surface area (Å²) in [5.74, 6) is 0.240.